The minimum Gasteiger partial charge on any atom is -0.544 e. The molecule has 1 rings (SSSR count). The SMILES string of the molecule is C=CC(Cc1ccccc1)[N+](C)(C)C(C)(C)C(=O)[O-]. The Morgan fingerprint density at radius 2 is 1.89 bits per heavy atom. The van der Waals surface area contributed by atoms with Crippen LogP contribution in [0.3, 0.4) is 0 Å². The minimum absolute atomic E-state index is 0.00954. The quantitative estimate of drug-likeness (QED) is 0.573. The van der Waals surface area contributed by atoms with Crippen LogP contribution in [0.4, 0.5) is 0 Å². The van der Waals surface area contributed by atoms with Gasteiger partial charge in [-0.1, -0.05) is 36.9 Å². The number of nitrogens with zero attached hydrogens (tertiary/aromatic N) is 1. The first-order valence-electron chi connectivity index (χ1n) is 6.45. The van der Waals surface area contributed by atoms with Crippen molar-refractivity contribution in [3.63, 3.8) is 0 Å². The third-order valence-corrected chi connectivity index (χ3v) is 4.33. The number of carbonyl (C=O) groups excluding carboxylic acids is 1. The fourth-order valence-electron chi connectivity index (χ4n) is 2.08. The predicted octanol–water partition coefficient (Wildman–Crippen LogP) is 1.39. The van der Waals surface area contributed by atoms with Crippen LogP contribution in [0.15, 0.2) is 43.0 Å². The molecule has 1 aromatic rings. The van der Waals surface area contributed by atoms with Crippen LogP contribution in [0.1, 0.15) is 19.4 Å². The highest BCUT2D eigenvalue weighted by Crippen LogP contribution is 2.26. The van der Waals surface area contributed by atoms with E-state index in [1.54, 1.807) is 13.8 Å². The summed E-state index contributed by atoms with van der Waals surface area (Å²) >= 11 is 0. The molecule has 0 aliphatic heterocycles. The van der Waals surface area contributed by atoms with Gasteiger partial charge in [0.25, 0.3) is 0 Å². The molecule has 104 valence electrons. The molecule has 1 aromatic carbocycles. The number of rotatable bonds is 6. The van der Waals surface area contributed by atoms with E-state index in [2.05, 4.69) is 6.58 Å². The molecule has 3 heteroatoms. The standard InChI is InChI=1S/C16H23NO2/c1-6-14(12-13-10-8-7-9-11-13)17(4,5)16(2,3)15(18)19/h6-11,14H,1,12H2,2-5H3. The van der Waals surface area contributed by atoms with Gasteiger partial charge in [0.2, 0.25) is 0 Å². The fraction of sp³-hybridized carbons (Fsp3) is 0.438. The van der Waals surface area contributed by atoms with Crippen molar-refractivity contribution in [2.45, 2.75) is 31.8 Å². The number of quaternary nitrogens is 1. The summed E-state index contributed by atoms with van der Waals surface area (Å²) in [5.74, 6) is -1.04. The van der Waals surface area contributed by atoms with Crippen LogP contribution in [-0.2, 0) is 11.2 Å². The molecule has 0 aromatic heterocycles. The molecule has 19 heavy (non-hydrogen) atoms. The maximum Gasteiger partial charge on any atom is 0.134 e. The highest BCUT2D eigenvalue weighted by molar-refractivity contribution is 5.74. The van der Waals surface area contributed by atoms with Crippen molar-refractivity contribution in [2.24, 2.45) is 0 Å². The van der Waals surface area contributed by atoms with Crippen LogP contribution >= 0.6 is 0 Å². The van der Waals surface area contributed by atoms with Gasteiger partial charge in [0.05, 0.1) is 14.1 Å². The molecule has 0 fully saturated rings. The molecule has 0 N–H and O–H groups in total. The molecular weight excluding hydrogens is 238 g/mol. The molecule has 0 amide bonds. The molecule has 1 atom stereocenters. The van der Waals surface area contributed by atoms with E-state index in [1.165, 1.54) is 5.56 Å². The van der Waals surface area contributed by atoms with Crippen molar-refractivity contribution >= 4 is 5.97 Å². The van der Waals surface area contributed by atoms with E-state index in [9.17, 15) is 9.90 Å². The molecule has 0 heterocycles. The third kappa shape index (κ3) is 3.04. The summed E-state index contributed by atoms with van der Waals surface area (Å²) in [5, 5.41) is 11.4. The number of carbonyl (C=O) groups is 1. The van der Waals surface area contributed by atoms with E-state index >= 15 is 0 Å². The topological polar surface area (TPSA) is 40.1 Å². The smallest absolute Gasteiger partial charge is 0.134 e. The monoisotopic (exact) mass is 261 g/mol. The van der Waals surface area contributed by atoms with Crippen molar-refractivity contribution in [1.82, 2.24) is 0 Å². The molecule has 0 saturated heterocycles. The normalized spacial score (nSPS) is 13.9. The highest BCUT2D eigenvalue weighted by atomic mass is 16.4. The number of aliphatic carboxylic acids is 1. The lowest BCUT2D eigenvalue weighted by molar-refractivity contribution is -0.947. The molecule has 3 nitrogen and oxygen atoms in total. The van der Waals surface area contributed by atoms with Crippen molar-refractivity contribution in [2.75, 3.05) is 14.1 Å². The number of benzene rings is 1. The molecule has 0 spiro atoms. The van der Waals surface area contributed by atoms with E-state index in [4.69, 9.17) is 0 Å². The summed E-state index contributed by atoms with van der Waals surface area (Å²) in [4.78, 5) is 11.4. The van der Waals surface area contributed by atoms with Gasteiger partial charge < -0.3 is 14.4 Å². The predicted molar refractivity (Wildman–Crippen MR) is 75.3 cm³/mol. The minimum atomic E-state index is -1.04. The van der Waals surface area contributed by atoms with Crippen molar-refractivity contribution in [3.8, 4) is 0 Å². The van der Waals surface area contributed by atoms with Crippen LogP contribution in [0.5, 0.6) is 0 Å². The van der Waals surface area contributed by atoms with Gasteiger partial charge in [-0.05, 0) is 25.5 Å². The Hall–Kier alpha value is -1.61. The Bertz CT molecular complexity index is 449. The number of hydrogen-bond acceptors (Lipinski definition) is 2. The summed E-state index contributed by atoms with van der Waals surface area (Å²) in [6.07, 6.45) is 2.59. The summed E-state index contributed by atoms with van der Waals surface area (Å²) < 4.78 is 0.299. The molecule has 0 radical (unpaired) electrons. The number of carboxylic acid groups (broad SMARTS) is 1. The van der Waals surface area contributed by atoms with Crippen molar-refractivity contribution in [3.05, 3.63) is 48.6 Å². The Morgan fingerprint density at radius 3 is 2.32 bits per heavy atom. The average molecular weight is 261 g/mol. The first kappa shape index (κ1) is 15.4. The largest absolute Gasteiger partial charge is 0.544 e. The zero-order valence-corrected chi connectivity index (χ0v) is 12.2. The van der Waals surface area contributed by atoms with Gasteiger partial charge in [-0.25, -0.2) is 0 Å². The lowest BCUT2D eigenvalue weighted by Crippen LogP contribution is -2.68. The third-order valence-electron chi connectivity index (χ3n) is 4.33. The summed E-state index contributed by atoms with van der Waals surface area (Å²) in [7, 11) is 3.82. The average Bonchev–Trinajstić information content (AvgIpc) is 2.36. The lowest BCUT2D eigenvalue weighted by Gasteiger charge is -2.49. The van der Waals surface area contributed by atoms with E-state index in [0.717, 1.165) is 6.42 Å². The lowest BCUT2D eigenvalue weighted by atomic mass is 9.94. The Labute approximate surface area is 115 Å². The van der Waals surface area contributed by atoms with Gasteiger partial charge in [-0.15, -0.1) is 0 Å². The number of carboxylic acids is 1. The molecular formula is C16H23NO2. The number of likely N-dealkylation sites (N-methyl/N-ethyl adjacent to an activating group) is 1. The highest BCUT2D eigenvalue weighted by Gasteiger charge is 2.42. The van der Waals surface area contributed by atoms with Gasteiger partial charge >= 0.3 is 0 Å². The van der Waals surface area contributed by atoms with Crippen LogP contribution in [0.25, 0.3) is 0 Å². The summed E-state index contributed by atoms with van der Waals surface area (Å²) in [5.41, 5.74) is 0.195. The zero-order chi connectivity index (χ0) is 14.7. The molecule has 0 bridgehead atoms. The second-order valence-electron chi connectivity index (χ2n) is 5.88. The van der Waals surface area contributed by atoms with Crippen LogP contribution < -0.4 is 5.11 Å². The Kier molecular flexibility index (Phi) is 4.53. The second kappa shape index (κ2) is 5.57. The maximum atomic E-state index is 11.4. The Morgan fingerprint density at radius 1 is 1.37 bits per heavy atom. The van der Waals surface area contributed by atoms with Crippen molar-refractivity contribution < 1.29 is 14.4 Å². The molecule has 0 saturated carbocycles. The van der Waals surface area contributed by atoms with Gasteiger partial charge in [-0.3, -0.25) is 0 Å². The Balaban J connectivity index is 3.02. The number of hydrogen-bond donors (Lipinski definition) is 0. The first-order valence-corrected chi connectivity index (χ1v) is 6.45. The summed E-state index contributed by atoms with van der Waals surface area (Å²) in [6.45, 7) is 7.26. The van der Waals surface area contributed by atoms with Gasteiger partial charge in [-0.2, -0.15) is 0 Å². The van der Waals surface area contributed by atoms with E-state index in [1.807, 2.05) is 50.5 Å². The van der Waals surface area contributed by atoms with Gasteiger partial charge in [0, 0.05) is 6.42 Å². The summed E-state index contributed by atoms with van der Waals surface area (Å²) in [6, 6.07) is 10.0. The van der Waals surface area contributed by atoms with Crippen LogP contribution in [0, 0.1) is 0 Å². The van der Waals surface area contributed by atoms with E-state index in [0.29, 0.717) is 4.48 Å². The van der Waals surface area contributed by atoms with E-state index < -0.39 is 11.5 Å². The van der Waals surface area contributed by atoms with Crippen LogP contribution in [0.2, 0.25) is 0 Å². The van der Waals surface area contributed by atoms with E-state index in [-0.39, 0.29) is 6.04 Å². The molecule has 1 unspecified atom stereocenters. The first-order chi connectivity index (χ1) is 8.73. The molecule has 0 aliphatic carbocycles. The van der Waals surface area contributed by atoms with Crippen molar-refractivity contribution in [1.29, 1.82) is 0 Å². The second-order valence-corrected chi connectivity index (χ2v) is 5.88. The molecule has 0 aliphatic rings. The maximum absolute atomic E-state index is 11.4. The zero-order valence-electron chi connectivity index (χ0n) is 12.2. The fourth-order valence-corrected chi connectivity index (χ4v) is 2.08. The van der Waals surface area contributed by atoms with Crippen LogP contribution in [-0.4, -0.2) is 36.1 Å². The van der Waals surface area contributed by atoms with Gasteiger partial charge in [0.15, 0.2) is 0 Å². The van der Waals surface area contributed by atoms with Gasteiger partial charge in [0.1, 0.15) is 17.6 Å².